The molecule has 1 aromatic carbocycles. The second-order valence-electron chi connectivity index (χ2n) is 3.47. The van der Waals surface area contributed by atoms with E-state index in [2.05, 4.69) is 0 Å². The van der Waals surface area contributed by atoms with E-state index in [0.717, 1.165) is 0 Å². The number of nitrogens with two attached hydrogens (primary N) is 1. The van der Waals surface area contributed by atoms with Crippen molar-refractivity contribution in [2.24, 2.45) is 11.7 Å². The van der Waals surface area contributed by atoms with Gasteiger partial charge in [0.05, 0.1) is 0 Å². The predicted molar refractivity (Wildman–Crippen MR) is 49.8 cm³/mol. The van der Waals surface area contributed by atoms with Crippen LogP contribution in [0.5, 0.6) is 5.75 Å². The molecular formula is C10H14FNO. The van der Waals surface area contributed by atoms with E-state index >= 15 is 0 Å². The van der Waals surface area contributed by atoms with Crippen molar-refractivity contribution in [3.05, 3.63) is 29.6 Å². The van der Waals surface area contributed by atoms with E-state index in [4.69, 9.17) is 5.73 Å². The number of rotatable bonds is 2. The third kappa shape index (κ3) is 2.18. The number of hydrogen-bond acceptors (Lipinski definition) is 2. The van der Waals surface area contributed by atoms with E-state index in [1.54, 1.807) is 0 Å². The SMILES string of the molecule is CC(C)[C@H](N)c1cc(F)ccc1O. The lowest BCUT2D eigenvalue weighted by Crippen LogP contribution is -2.16. The Balaban J connectivity index is 3.05. The Labute approximate surface area is 77.2 Å². The normalized spacial score (nSPS) is 13.3. The van der Waals surface area contributed by atoms with Crippen molar-refractivity contribution in [1.29, 1.82) is 0 Å². The van der Waals surface area contributed by atoms with Crippen LogP contribution in [0.1, 0.15) is 25.5 Å². The van der Waals surface area contributed by atoms with Crippen molar-refractivity contribution in [2.75, 3.05) is 0 Å². The molecule has 0 bridgehead atoms. The molecular weight excluding hydrogens is 169 g/mol. The average Bonchev–Trinajstić information content (AvgIpc) is 2.08. The Morgan fingerprint density at radius 2 is 2.00 bits per heavy atom. The zero-order valence-electron chi connectivity index (χ0n) is 7.79. The molecule has 0 aliphatic heterocycles. The van der Waals surface area contributed by atoms with Crippen molar-refractivity contribution in [3.8, 4) is 5.75 Å². The lowest BCUT2D eigenvalue weighted by Gasteiger charge is -2.17. The van der Waals surface area contributed by atoms with E-state index in [0.29, 0.717) is 5.56 Å². The molecule has 72 valence electrons. The molecule has 0 radical (unpaired) electrons. The van der Waals surface area contributed by atoms with E-state index in [1.807, 2.05) is 13.8 Å². The highest BCUT2D eigenvalue weighted by molar-refractivity contribution is 5.35. The third-order valence-electron chi connectivity index (χ3n) is 2.07. The second-order valence-corrected chi connectivity index (χ2v) is 3.47. The van der Waals surface area contributed by atoms with Gasteiger partial charge in [-0.2, -0.15) is 0 Å². The molecule has 0 saturated carbocycles. The van der Waals surface area contributed by atoms with Gasteiger partial charge < -0.3 is 10.8 Å². The highest BCUT2D eigenvalue weighted by atomic mass is 19.1. The lowest BCUT2D eigenvalue weighted by atomic mass is 9.96. The first kappa shape index (κ1) is 9.99. The summed E-state index contributed by atoms with van der Waals surface area (Å²) >= 11 is 0. The molecule has 13 heavy (non-hydrogen) atoms. The number of aromatic hydroxyl groups is 1. The molecule has 0 fully saturated rings. The van der Waals surface area contributed by atoms with Gasteiger partial charge >= 0.3 is 0 Å². The lowest BCUT2D eigenvalue weighted by molar-refractivity contribution is 0.436. The number of benzene rings is 1. The van der Waals surface area contributed by atoms with Crippen LogP contribution in [0.15, 0.2) is 18.2 Å². The number of halogens is 1. The summed E-state index contributed by atoms with van der Waals surface area (Å²) in [6.45, 7) is 3.85. The zero-order chi connectivity index (χ0) is 10.0. The maximum Gasteiger partial charge on any atom is 0.123 e. The van der Waals surface area contributed by atoms with Crippen molar-refractivity contribution < 1.29 is 9.50 Å². The maximum absolute atomic E-state index is 12.8. The van der Waals surface area contributed by atoms with Crippen LogP contribution >= 0.6 is 0 Å². The molecule has 0 spiro atoms. The maximum atomic E-state index is 12.8. The van der Waals surface area contributed by atoms with Gasteiger partial charge in [0.15, 0.2) is 0 Å². The van der Waals surface area contributed by atoms with Gasteiger partial charge in [0.25, 0.3) is 0 Å². The van der Waals surface area contributed by atoms with Crippen LogP contribution in [0.3, 0.4) is 0 Å². The van der Waals surface area contributed by atoms with E-state index in [-0.39, 0.29) is 23.5 Å². The van der Waals surface area contributed by atoms with E-state index in [1.165, 1.54) is 18.2 Å². The first-order valence-electron chi connectivity index (χ1n) is 4.26. The quantitative estimate of drug-likeness (QED) is 0.738. The number of hydrogen-bond donors (Lipinski definition) is 2. The molecule has 3 N–H and O–H groups in total. The molecule has 1 rings (SSSR count). The molecule has 0 aliphatic carbocycles. The largest absolute Gasteiger partial charge is 0.508 e. The van der Waals surface area contributed by atoms with Crippen LogP contribution in [-0.2, 0) is 0 Å². The molecule has 2 nitrogen and oxygen atoms in total. The summed E-state index contributed by atoms with van der Waals surface area (Å²) < 4.78 is 12.8. The average molecular weight is 183 g/mol. The van der Waals surface area contributed by atoms with Gasteiger partial charge in [0.2, 0.25) is 0 Å². The van der Waals surface area contributed by atoms with Gasteiger partial charge in [-0.3, -0.25) is 0 Å². The van der Waals surface area contributed by atoms with Crippen molar-refractivity contribution in [2.45, 2.75) is 19.9 Å². The topological polar surface area (TPSA) is 46.2 Å². The Hall–Kier alpha value is -1.09. The zero-order valence-corrected chi connectivity index (χ0v) is 7.79. The summed E-state index contributed by atoms with van der Waals surface area (Å²) in [6, 6.07) is 3.49. The van der Waals surface area contributed by atoms with E-state index in [9.17, 15) is 9.50 Å². The standard InChI is InChI=1S/C10H14FNO/c1-6(2)10(12)8-5-7(11)3-4-9(8)13/h3-6,10,13H,12H2,1-2H3/t10-/m0/s1. The molecule has 0 unspecified atom stereocenters. The van der Waals surface area contributed by atoms with Gasteiger partial charge in [-0.25, -0.2) is 4.39 Å². The van der Waals surface area contributed by atoms with Crippen LogP contribution in [0.25, 0.3) is 0 Å². The van der Waals surface area contributed by atoms with Gasteiger partial charge in [-0.15, -0.1) is 0 Å². The minimum absolute atomic E-state index is 0.0580. The fourth-order valence-corrected chi connectivity index (χ4v) is 1.15. The molecule has 3 heteroatoms. The van der Waals surface area contributed by atoms with Gasteiger partial charge in [0.1, 0.15) is 11.6 Å². The molecule has 0 saturated heterocycles. The summed E-state index contributed by atoms with van der Waals surface area (Å²) in [7, 11) is 0. The fourth-order valence-electron chi connectivity index (χ4n) is 1.15. The Morgan fingerprint density at radius 1 is 1.38 bits per heavy atom. The third-order valence-corrected chi connectivity index (χ3v) is 2.07. The minimum Gasteiger partial charge on any atom is -0.508 e. The van der Waals surface area contributed by atoms with Crippen LogP contribution in [0.2, 0.25) is 0 Å². The smallest absolute Gasteiger partial charge is 0.123 e. The van der Waals surface area contributed by atoms with Crippen molar-refractivity contribution in [3.63, 3.8) is 0 Å². The van der Waals surface area contributed by atoms with Crippen molar-refractivity contribution >= 4 is 0 Å². The minimum atomic E-state index is -0.371. The van der Waals surface area contributed by atoms with Crippen molar-refractivity contribution in [1.82, 2.24) is 0 Å². The monoisotopic (exact) mass is 183 g/mol. The summed E-state index contributed by atoms with van der Waals surface area (Å²) in [6.07, 6.45) is 0. The Morgan fingerprint density at radius 3 is 2.54 bits per heavy atom. The predicted octanol–water partition coefficient (Wildman–Crippen LogP) is 2.19. The summed E-state index contributed by atoms with van der Waals surface area (Å²) in [4.78, 5) is 0. The summed E-state index contributed by atoms with van der Waals surface area (Å²) in [5.74, 6) is -0.140. The Kier molecular flexibility index (Phi) is 2.88. The van der Waals surface area contributed by atoms with Crippen LogP contribution in [-0.4, -0.2) is 5.11 Å². The van der Waals surface area contributed by atoms with Gasteiger partial charge in [-0.05, 0) is 24.1 Å². The molecule has 1 aromatic rings. The van der Waals surface area contributed by atoms with E-state index < -0.39 is 0 Å². The number of phenols is 1. The Bertz CT molecular complexity index is 299. The molecule has 0 heterocycles. The first-order valence-corrected chi connectivity index (χ1v) is 4.26. The fraction of sp³-hybridized carbons (Fsp3) is 0.400. The highest BCUT2D eigenvalue weighted by Crippen LogP contribution is 2.27. The number of phenolic OH excluding ortho intramolecular Hbond substituents is 1. The molecule has 0 aliphatic rings. The van der Waals surface area contributed by atoms with Crippen LogP contribution in [0.4, 0.5) is 4.39 Å². The molecule has 0 amide bonds. The van der Waals surface area contributed by atoms with Crippen LogP contribution < -0.4 is 5.73 Å². The summed E-state index contributed by atoms with van der Waals surface area (Å²) in [5.41, 5.74) is 6.25. The van der Waals surface area contributed by atoms with Crippen LogP contribution in [0, 0.1) is 11.7 Å². The molecule has 1 atom stereocenters. The van der Waals surface area contributed by atoms with Gasteiger partial charge in [0, 0.05) is 11.6 Å². The summed E-state index contributed by atoms with van der Waals surface area (Å²) in [5, 5.41) is 9.41. The molecule has 0 aromatic heterocycles. The highest BCUT2D eigenvalue weighted by Gasteiger charge is 2.14. The first-order chi connectivity index (χ1) is 6.02. The second kappa shape index (κ2) is 3.75. The van der Waals surface area contributed by atoms with Gasteiger partial charge in [-0.1, -0.05) is 13.8 Å².